The van der Waals surface area contributed by atoms with Crippen LogP contribution in [0.2, 0.25) is 0 Å². The van der Waals surface area contributed by atoms with E-state index in [0.29, 0.717) is 11.0 Å². The zero-order chi connectivity index (χ0) is 19.7. The Bertz CT molecular complexity index is 1080. The third-order valence-corrected chi connectivity index (χ3v) is 5.18. The number of ether oxygens (including phenoxy) is 2. The Morgan fingerprint density at radius 1 is 1.11 bits per heavy atom. The molecule has 1 aliphatic heterocycles. The van der Waals surface area contributed by atoms with Crippen molar-refractivity contribution in [3.05, 3.63) is 52.1 Å². The van der Waals surface area contributed by atoms with E-state index in [-0.39, 0.29) is 5.56 Å². The van der Waals surface area contributed by atoms with Crippen molar-refractivity contribution in [3.8, 4) is 11.5 Å². The molecule has 0 bridgehead atoms. The quantitative estimate of drug-likeness (QED) is 0.678. The van der Waals surface area contributed by atoms with Crippen molar-refractivity contribution >= 4 is 16.9 Å². The molecule has 3 heterocycles. The second kappa shape index (κ2) is 7.50. The second-order valence-corrected chi connectivity index (χ2v) is 6.93. The smallest absolute Gasteiger partial charge is 0.282 e. The molecule has 0 fully saturated rings. The Kier molecular flexibility index (Phi) is 4.90. The average Bonchev–Trinajstić information content (AvgIpc) is 2.74. The topological polar surface area (TPSA) is 69.5 Å². The van der Waals surface area contributed by atoms with Crippen molar-refractivity contribution < 1.29 is 9.47 Å². The van der Waals surface area contributed by atoms with Gasteiger partial charge in [-0.15, -0.1) is 0 Å². The molecule has 28 heavy (non-hydrogen) atoms. The first kappa shape index (κ1) is 18.3. The highest BCUT2D eigenvalue weighted by atomic mass is 16.5. The molecular formula is C21H24N4O3. The van der Waals surface area contributed by atoms with Crippen LogP contribution in [-0.2, 0) is 19.5 Å². The fourth-order valence-electron chi connectivity index (χ4n) is 3.73. The van der Waals surface area contributed by atoms with Gasteiger partial charge in [-0.05, 0) is 48.2 Å². The Morgan fingerprint density at radius 2 is 1.86 bits per heavy atom. The van der Waals surface area contributed by atoms with E-state index in [0.717, 1.165) is 49.8 Å². The molecule has 1 aromatic carbocycles. The van der Waals surface area contributed by atoms with E-state index in [9.17, 15) is 4.79 Å². The van der Waals surface area contributed by atoms with Crippen LogP contribution in [0, 0.1) is 0 Å². The number of aromatic nitrogens is 3. The van der Waals surface area contributed by atoms with Gasteiger partial charge in [-0.25, -0.2) is 4.98 Å². The molecule has 2 aromatic heterocycles. The van der Waals surface area contributed by atoms with E-state index >= 15 is 0 Å². The lowest BCUT2D eigenvalue weighted by Gasteiger charge is -2.30. The molecule has 1 aliphatic rings. The Balaban J connectivity index is 1.71. The normalized spacial score (nSPS) is 13.5. The lowest BCUT2D eigenvalue weighted by atomic mass is 9.98. The van der Waals surface area contributed by atoms with Crippen LogP contribution in [0.3, 0.4) is 0 Å². The number of pyridine rings is 1. The molecular weight excluding hydrogens is 356 g/mol. The standard InChI is InChI=1S/C21H24N4O3/c1-4-8-25-13-22-21(26)16-5-6-19(23-20(16)25)24-9-7-14-10-17(27-2)18(28-3)11-15(14)12-24/h5-6,10-11,13H,4,7-9,12H2,1-3H3. The van der Waals surface area contributed by atoms with E-state index in [1.54, 1.807) is 20.5 Å². The molecule has 4 rings (SSSR count). The molecule has 0 spiro atoms. The third-order valence-electron chi connectivity index (χ3n) is 5.18. The third kappa shape index (κ3) is 3.17. The van der Waals surface area contributed by atoms with Gasteiger partial charge in [-0.2, -0.15) is 4.98 Å². The summed E-state index contributed by atoms with van der Waals surface area (Å²) < 4.78 is 12.8. The van der Waals surface area contributed by atoms with Gasteiger partial charge in [0, 0.05) is 19.6 Å². The number of nitrogens with zero attached hydrogens (tertiary/aromatic N) is 4. The first-order valence-corrected chi connectivity index (χ1v) is 9.49. The Morgan fingerprint density at radius 3 is 2.57 bits per heavy atom. The van der Waals surface area contributed by atoms with Gasteiger partial charge in [0.25, 0.3) is 5.56 Å². The van der Waals surface area contributed by atoms with Crippen LogP contribution in [0.5, 0.6) is 11.5 Å². The maximum atomic E-state index is 12.1. The largest absolute Gasteiger partial charge is 0.493 e. The maximum Gasteiger partial charge on any atom is 0.282 e. The highest BCUT2D eigenvalue weighted by Gasteiger charge is 2.21. The van der Waals surface area contributed by atoms with E-state index in [1.165, 1.54) is 11.1 Å². The molecule has 0 atom stereocenters. The van der Waals surface area contributed by atoms with Crippen LogP contribution in [0.4, 0.5) is 5.82 Å². The number of anilines is 1. The van der Waals surface area contributed by atoms with Crippen molar-refractivity contribution in [1.29, 1.82) is 0 Å². The summed E-state index contributed by atoms with van der Waals surface area (Å²) in [7, 11) is 3.31. The van der Waals surface area contributed by atoms with Gasteiger partial charge in [-0.3, -0.25) is 4.79 Å². The van der Waals surface area contributed by atoms with E-state index in [2.05, 4.69) is 22.9 Å². The van der Waals surface area contributed by atoms with Crippen LogP contribution >= 0.6 is 0 Å². The first-order chi connectivity index (χ1) is 13.6. The minimum Gasteiger partial charge on any atom is -0.493 e. The molecule has 7 nitrogen and oxygen atoms in total. The van der Waals surface area contributed by atoms with Gasteiger partial charge in [0.15, 0.2) is 11.5 Å². The SMILES string of the molecule is CCCn1cnc(=O)c2ccc(N3CCc4cc(OC)c(OC)cc4C3)nc21. The Hall–Kier alpha value is -3.09. The van der Waals surface area contributed by atoms with Crippen LogP contribution in [0.15, 0.2) is 35.4 Å². The summed E-state index contributed by atoms with van der Waals surface area (Å²) in [6.45, 7) is 4.46. The predicted octanol–water partition coefficient (Wildman–Crippen LogP) is 2.78. The molecule has 0 saturated carbocycles. The summed E-state index contributed by atoms with van der Waals surface area (Å²) in [5.41, 5.74) is 2.92. The number of aryl methyl sites for hydroxylation is 1. The molecule has 146 valence electrons. The van der Waals surface area contributed by atoms with Gasteiger partial charge in [0.1, 0.15) is 17.8 Å². The summed E-state index contributed by atoms with van der Waals surface area (Å²) in [6, 6.07) is 7.85. The summed E-state index contributed by atoms with van der Waals surface area (Å²) in [4.78, 5) is 23.1. The molecule has 0 saturated heterocycles. The number of methoxy groups -OCH3 is 2. The van der Waals surface area contributed by atoms with Crippen LogP contribution in [0.25, 0.3) is 11.0 Å². The van der Waals surface area contributed by atoms with Crippen molar-refractivity contribution in [2.24, 2.45) is 0 Å². The molecule has 0 unspecified atom stereocenters. The summed E-state index contributed by atoms with van der Waals surface area (Å²) in [5, 5.41) is 0.559. The molecule has 0 aliphatic carbocycles. The average molecular weight is 380 g/mol. The monoisotopic (exact) mass is 380 g/mol. The summed E-state index contributed by atoms with van der Waals surface area (Å²) in [5.74, 6) is 2.36. The zero-order valence-corrected chi connectivity index (χ0v) is 16.4. The second-order valence-electron chi connectivity index (χ2n) is 6.93. The van der Waals surface area contributed by atoms with Gasteiger partial charge >= 0.3 is 0 Å². The van der Waals surface area contributed by atoms with Gasteiger partial charge in [-0.1, -0.05) is 6.92 Å². The molecule has 0 amide bonds. The fraction of sp³-hybridized carbons (Fsp3) is 0.381. The highest BCUT2D eigenvalue weighted by Crippen LogP contribution is 2.34. The maximum absolute atomic E-state index is 12.1. The Labute approximate surface area is 163 Å². The van der Waals surface area contributed by atoms with Crippen LogP contribution in [-0.4, -0.2) is 35.3 Å². The first-order valence-electron chi connectivity index (χ1n) is 9.49. The van der Waals surface area contributed by atoms with Gasteiger partial charge in [0.05, 0.1) is 19.6 Å². The predicted molar refractivity (Wildman–Crippen MR) is 108 cm³/mol. The molecule has 0 N–H and O–H groups in total. The van der Waals surface area contributed by atoms with Crippen molar-refractivity contribution in [2.75, 3.05) is 25.7 Å². The van der Waals surface area contributed by atoms with Crippen molar-refractivity contribution in [2.45, 2.75) is 32.9 Å². The van der Waals surface area contributed by atoms with E-state index in [1.807, 2.05) is 22.8 Å². The summed E-state index contributed by atoms with van der Waals surface area (Å²) >= 11 is 0. The number of hydrogen-bond acceptors (Lipinski definition) is 6. The number of benzene rings is 1. The fourth-order valence-corrected chi connectivity index (χ4v) is 3.73. The van der Waals surface area contributed by atoms with Crippen LogP contribution in [0.1, 0.15) is 24.5 Å². The van der Waals surface area contributed by atoms with Crippen molar-refractivity contribution in [1.82, 2.24) is 14.5 Å². The lowest BCUT2D eigenvalue weighted by molar-refractivity contribution is 0.353. The van der Waals surface area contributed by atoms with Gasteiger partial charge in [0.2, 0.25) is 0 Å². The van der Waals surface area contributed by atoms with Crippen molar-refractivity contribution in [3.63, 3.8) is 0 Å². The molecule has 0 radical (unpaired) electrons. The molecule has 7 heteroatoms. The molecule has 3 aromatic rings. The minimum atomic E-state index is -0.234. The van der Waals surface area contributed by atoms with E-state index in [4.69, 9.17) is 14.5 Å². The van der Waals surface area contributed by atoms with E-state index < -0.39 is 0 Å². The van der Waals surface area contributed by atoms with Crippen LogP contribution < -0.4 is 19.9 Å². The zero-order valence-electron chi connectivity index (χ0n) is 16.4. The highest BCUT2D eigenvalue weighted by molar-refractivity contribution is 5.76. The minimum absolute atomic E-state index is 0.234. The number of fused-ring (bicyclic) bond motifs is 2. The summed E-state index contributed by atoms with van der Waals surface area (Å²) in [6.07, 6.45) is 3.44. The lowest BCUT2D eigenvalue weighted by Crippen LogP contribution is -2.31. The van der Waals surface area contributed by atoms with Gasteiger partial charge < -0.3 is 18.9 Å². The number of rotatable bonds is 5. The number of hydrogen-bond donors (Lipinski definition) is 0.